The third-order valence-corrected chi connectivity index (χ3v) is 6.10. The molecule has 1 aliphatic rings. The van der Waals surface area contributed by atoms with Gasteiger partial charge < -0.3 is 19.9 Å². The van der Waals surface area contributed by atoms with E-state index in [1.54, 1.807) is 28.7 Å². The number of ether oxygens (including phenoxy) is 1. The van der Waals surface area contributed by atoms with Gasteiger partial charge in [0.15, 0.2) is 17.1 Å². The van der Waals surface area contributed by atoms with Crippen LogP contribution in [0.4, 0.5) is 15.9 Å². The third kappa shape index (κ3) is 4.49. The molecule has 1 N–H and O–H groups in total. The molecule has 4 rings (SSSR count). The molecule has 8 nitrogen and oxygen atoms in total. The van der Waals surface area contributed by atoms with Gasteiger partial charge in [0.2, 0.25) is 0 Å². The molecule has 1 saturated heterocycles. The molecule has 0 saturated carbocycles. The summed E-state index contributed by atoms with van der Waals surface area (Å²) in [5.74, 6) is 0.336. The molecule has 1 aromatic carbocycles. The van der Waals surface area contributed by atoms with Gasteiger partial charge in [-0.15, -0.1) is 0 Å². The van der Waals surface area contributed by atoms with E-state index in [9.17, 15) is 9.18 Å². The van der Waals surface area contributed by atoms with Gasteiger partial charge in [-0.2, -0.15) is 5.10 Å². The molecule has 3 aromatic rings. The van der Waals surface area contributed by atoms with E-state index in [0.717, 1.165) is 19.6 Å². The van der Waals surface area contributed by atoms with Gasteiger partial charge in [-0.25, -0.2) is 13.9 Å². The van der Waals surface area contributed by atoms with Gasteiger partial charge in [-0.3, -0.25) is 4.79 Å². The summed E-state index contributed by atoms with van der Waals surface area (Å²) in [6.45, 7) is 3.66. The summed E-state index contributed by atoms with van der Waals surface area (Å²) in [5.41, 5.74) is 1.56. The molecular formula is C21H24BrFN6O2. The van der Waals surface area contributed by atoms with Gasteiger partial charge in [-0.1, -0.05) is 0 Å². The number of likely N-dealkylation sites (tertiary alicyclic amines) is 1. The van der Waals surface area contributed by atoms with Gasteiger partial charge in [0.1, 0.15) is 17.7 Å². The van der Waals surface area contributed by atoms with Gasteiger partial charge in [0, 0.05) is 30.8 Å². The molecule has 0 aliphatic carbocycles. The predicted octanol–water partition coefficient (Wildman–Crippen LogP) is 3.55. The fourth-order valence-corrected chi connectivity index (χ4v) is 4.21. The number of carbonyl (C=O) groups excluding carboxylic acids is 1. The molecule has 0 bridgehead atoms. The summed E-state index contributed by atoms with van der Waals surface area (Å²) in [7, 11) is 3.31. The van der Waals surface area contributed by atoms with Crippen LogP contribution in [0.3, 0.4) is 0 Å². The number of aromatic nitrogens is 3. The number of benzene rings is 1. The van der Waals surface area contributed by atoms with Crippen LogP contribution < -0.4 is 10.1 Å². The van der Waals surface area contributed by atoms with Crippen LogP contribution in [0.25, 0.3) is 5.52 Å². The first-order valence-corrected chi connectivity index (χ1v) is 10.9. The molecule has 2 aromatic heterocycles. The van der Waals surface area contributed by atoms with Crippen LogP contribution in [-0.2, 0) is 0 Å². The Bertz CT molecular complexity index is 1100. The number of nitrogens with one attached hydrogen (secondary N) is 1. The number of carbonyl (C=O) groups is 1. The van der Waals surface area contributed by atoms with Crippen molar-refractivity contribution >= 4 is 38.9 Å². The molecule has 10 heteroatoms. The van der Waals surface area contributed by atoms with Crippen LogP contribution in [0.15, 0.2) is 35.2 Å². The van der Waals surface area contributed by atoms with Gasteiger partial charge in [0.25, 0.3) is 5.91 Å². The summed E-state index contributed by atoms with van der Waals surface area (Å²) in [5, 5.41) is 7.40. The summed E-state index contributed by atoms with van der Waals surface area (Å²) >= 11 is 3.35. The Kier molecular flexibility index (Phi) is 6.38. The van der Waals surface area contributed by atoms with Crippen LogP contribution in [-0.4, -0.2) is 70.6 Å². The number of rotatable bonds is 7. The number of anilines is 2. The minimum atomic E-state index is -0.352. The fourth-order valence-electron chi connectivity index (χ4n) is 3.76. The van der Waals surface area contributed by atoms with Crippen molar-refractivity contribution in [2.75, 3.05) is 45.7 Å². The third-order valence-electron chi connectivity index (χ3n) is 5.44. The molecule has 0 unspecified atom stereocenters. The van der Waals surface area contributed by atoms with Crippen LogP contribution in [0.2, 0.25) is 0 Å². The number of methoxy groups -OCH3 is 1. The van der Waals surface area contributed by atoms with Gasteiger partial charge in [-0.05, 0) is 60.1 Å². The van der Waals surface area contributed by atoms with Crippen molar-refractivity contribution in [1.29, 1.82) is 0 Å². The standard InChI is InChI=1S/C21H24BrFN6O2/c1-27(9-10-28-7-3-4-8-28)21(30)15-12-29-18(19(15)31-2)20(24-13-25-29)26-17-6-5-14(23)11-16(17)22/h5-6,11-13H,3-4,7-10H2,1-2H3,(H,24,25,26). The molecule has 0 radical (unpaired) electrons. The number of likely N-dealkylation sites (N-methyl/N-ethyl adjacent to an activating group) is 1. The Hall–Kier alpha value is -2.72. The number of fused-ring (bicyclic) bond motifs is 1. The number of hydrogen-bond acceptors (Lipinski definition) is 6. The molecule has 0 spiro atoms. The Balaban J connectivity index is 1.62. The first-order valence-electron chi connectivity index (χ1n) is 10.1. The number of hydrogen-bond donors (Lipinski definition) is 1. The molecule has 31 heavy (non-hydrogen) atoms. The Labute approximate surface area is 188 Å². The topological polar surface area (TPSA) is 75.0 Å². The van der Waals surface area contributed by atoms with Crippen molar-refractivity contribution in [2.24, 2.45) is 0 Å². The lowest BCUT2D eigenvalue weighted by molar-refractivity contribution is 0.0779. The zero-order valence-corrected chi connectivity index (χ0v) is 19.0. The van der Waals surface area contributed by atoms with E-state index in [0.29, 0.717) is 39.4 Å². The van der Waals surface area contributed by atoms with E-state index in [1.165, 1.54) is 38.4 Å². The molecule has 1 aliphatic heterocycles. The lowest BCUT2D eigenvalue weighted by Crippen LogP contribution is -2.35. The largest absolute Gasteiger partial charge is 0.493 e. The highest BCUT2D eigenvalue weighted by Gasteiger charge is 2.25. The highest BCUT2D eigenvalue weighted by Crippen LogP contribution is 2.34. The fraction of sp³-hybridized carbons (Fsp3) is 0.381. The maximum Gasteiger partial charge on any atom is 0.259 e. The minimum absolute atomic E-state index is 0.143. The van der Waals surface area contributed by atoms with Crippen LogP contribution in [0, 0.1) is 5.82 Å². The number of nitrogens with zero attached hydrogens (tertiary/aromatic N) is 5. The molecular weight excluding hydrogens is 467 g/mol. The van der Waals surface area contributed by atoms with Crippen LogP contribution >= 0.6 is 15.9 Å². The lowest BCUT2D eigenvalue weighted by atomic mass is 10.2. The Morgan fingerprint density at radius 3 is 2.84 bits per heavy atom. The second-order valence-electron chi connectivity index (χ2n) is 7.50. The quantitative estimate of drug-likeness (QED) is 0.545. The summed E-state index contributed by atoms with van der Waals surface area (Å²) in [6, 6.07) is 4.32. The van der Waals surface area contributed by atoms with Crippen LogP contribution in [0.1, 0.15) is 23.2 Å². The van der Waals surface area contributed by atoms with E-state index in [2.05, 4.69) is 36.2 Å². The maximum atomic E-state index is 13.4. The van der Waals surface area contributed by atoms with E-state index < -0.39 is 0 Å². The predicted molar refractivity (Wildman–Crippen MR) is 120 cm³/mol. The Morgan fingerprint density at radius 1 is 1.35 bits per heavy atom. The monoisotopic (exact) mass is 490 g/mol. The summed E-state index contributed by atoms with van der Waals surface area (Å²) < 4.78 is 21.2. The van der Waals surface area contributed by atoms with Crippen molar-refractivity contribution in [1.82, 2.24) is 24.4 Å². The SMILES string of the molecule is COc1c(C(=O)N(C)CCN2CCCC2)cn2ncnc(Nc3ccc(F)cc3Br)c12. The molecule has 0 atom stereocenters. The van der Waals surface area contributed by atoms with Crippen molar-refractivity contribution in [3.63, 3.8) is 0 Å². The first kappa shape index (κ1) is 21.5. The van der Waals surface area contributed by atoms with Crippen molar-refractivity contribution in [3.8, 4) is 5.75 Å². The maximum absolute atomic E-state index is 13.4. The molecule has 1 fully saturated rings. The Morgan fingerprint density at radius 2 is 2.13 bits per heavy atom. The zero-order chi connectivity index (χ0) is 22.0. The van der Waals surface area contributed by atoms with E-state index in [4.69, 9.17) is 4.74 Å². The van der Waals surface area contributed by atoms with Crippen LogP contribution in [0.5, 0.6) is 5.75 Å². The van der Waals surface area contributed by atoms with Crippen molar-refractivity contribution in [2.45, 2.75) is 12.8 Å². The average molecular weight is 491 g/mol. The zero-order valence-electron chi connectivity index (χ0n) is 17.4. The second-order valence-corrected chi connectivity index (χ2v) is 8.36. The summed E-state index contributed by atoms with van der Waals surface area (Å²) in [4.78, 5) is 21.5. The highest BCUT2D eigenvalue weighted by atomic mass is 79.9. The van der Waals surface area contributed by atoms with E-state index in [1.807, 2.05) is 0 Å². The normalized spacial score (nSPS) is 14.2. The molecule has 1 amide bonds. The smallest absolute Gasteiger partial charge is 0.259 e. The van der Waals surface area contributed by atoms with E-state index >= 15 is 0 Å². The summed E-state index contributed by atoms with van der Waals surface area (Å²) in [6.07, 6.45) is 5.47. The number of amides is 1. The van der Waals surface area contributed by atoms with Gasteiger partial charge in [0.05, 0.1) is 12.8 Å². The molecule has 164 valence electrons. The van der Waals surface area contributed by atoms with Crippen molar-refractivity contribution < 1.29 is 13.9 Å². The number of halogens is 2. The molecule has 3 heterocycles. The minimum Gasteiger partial charge on any atom is -0.493 e. The lowest BCUT2D eigenvalue weighted by Gasteiger charge is -2.21. The van der Waals surface area contributed by atoms with Crippen molar-refractivity contribution in [3.05, 3.63) is 46.6 Å². The highest BCUT2D eigenvalue weighted by molar-refractivity contribution is 9.10. The second kappa shape index (κ2) is 9.19. The van der Waals surface area contributed by atoms with Gasteiger partial charge >= 0.3 is 0 Å². The first-order chi connectivity index (χ1) is 15.0. The van der Waals surface area contributed by atoms with E-state index in [-0.39, 0.29) is 11.7 Å². The average Bonchev–Trinajstić information content (AvgIpc) is 3.41.